The van der Waals surface area contributed by atoms with Gasteiger partial charge in [0.2, 0.25) is 0 Å². The summed E-state index contributed by atoms with van der Waals surface area (Å²) >= 11 is 0. The van der Waals surface area contributed by atoms with Crippen LogP contribution in [0.2, 0.25) is 0 Å². The van der Waals surface area contributed by atoms with Crippen LogP contribution < -0.4 is 4.89 Å². The lowest BCUT2D eigenvalue weighted by molar-refractivity contribution is -0.888. The van der Waals surface area contributed by atoms with Crippen LogP contribution in [0.5, 0.6) is 0 Å². The van der Waals surface area contributed by atoms with Crippen molar-refractivity contribution < 1.29 is 32.5 Å². The summed E-state index contributed by atoms with van der Waals surface area (Å²) in [6.45, 7) is 7.92. The zero-order valence-electron chi connectivity index (χ0n) is 12.6. The molecular formula is C12H24NO6P. The molecule has 0 amide bonds. The van der Waals surface area contributed by atoms with Crippen LogP contribution in [-0.2, 0) is 23.1 Å². The van der Waals surface area contributed by atoms with Gasteiger partial charge >= 0.3 is 5.97 Å². The Morgan fingerprint density at radius 3 is 2.30 bits per heavy atom. The van der Waals surface area contributed by atoms with E-state index in [4.69, 9.17) is 9.26 Å². The van der Waals surface area contributed by atoms with Gasteiger partial charge < -0.3 is 23.2 Å². The van der Waals surface area contributed by atoms with Crippen LogP contribution in [0.25, 0.3) is 0 Å². The van der Waals surface area contributed by atoms with Gasteiger partial charge in [-0.05, 0) is 13.8 Å². The second kappa shape index (κ2) is 8.54. The average Bonchev–Trinajstić information content (AvgIpc) is 2.33. The van der Waals surface area contributed by atoms with Gasteiger partial charge in [-0.15, -0.1) is 0 Å². The van der Waals surface area contributed by atoms with Gasteiger partial charge in [-0.1, -0.05) is 6.58 Å². The van der Waals surface area contributed by atoms with E-state index in [1.807, 2.05) is 21.0 Å². The maximum absolute atomic E-state index is 11.4. The number of carbonyl (C=O) groups excluding carboxylic acids is 1. The Hall–Kier alpha value is -0.720. The van der Waals surface area contributed by atoms with E-state index in [1.54, 1.807) is 0 Å². The molecule has 20 heavy (non-hydrogen) atoms. The predicted molar refractivity (Wildman–Crippen MR) is 72.8 cm³/mol. The Balaban J connectivity index is 3.88. The number of esters is 1. The van der Waals surface area contributed by atoms with Crippen LogP contribution in [0.1, 0.15) is 13.8 Å². The largest absolute Gasteiger partial charge is 0.756 e. The molecule has 7 nitrogen and oxygen atoms in total. The highest BCUT2D eigenvalue weighted by Gasteiger charge is 2.15. The van der Waals surface area contributed by atoms with Crippen molar-refractivity contribution in [2.45, 2.75) is 13.8 Å². The van der Waals surface area contributed by atoms with E-state index in [-0.39, 0.29) is 25.4 Å². The van der Waals surface area contributed by atoms with E-state index < -0.39 is 13.8 Å². The quantitative estimate of drug-likeness (QED) is 0.194. The SMILES string of the molecule is C=C(C)C(=O)OCCOP(=O)([O-])OCC[N+](C)(C)CC. The van der Waals surface area contributed by atoms with Crippen molar-refractivity contribution in [2.75, 3.05) is 47.0 Å². The maximum atomic E-state index is 11.4. The van der Waals surface area contributed by atoms with Gasteiger partial charge in [-0.2, -0.15) is 0 Å². The third-order valence-electron chi connectivity index (χ3n) is 2.72. The zero-order valence-corrected chi connectivity index (χ0v) is 13.5. The Labute approximate surface area is 120 Å². The first kappa shape index (κ1) is 19.3. The molecule has 0 rings (SSSR count). The molecule has 0 fully saturated rings. The molecule has 0 aliphatic rings. The minimum atomic E-state index is -4.35. The topological polar surface area (TPSA) is 84.9 Å². The normalized spacial score (nSPS) is 14.7. The number of quaternary nitrogens is 1. The summed E-state index contributed by atoms with van der Waals surface area (Å²) in [5.74, 6) is -0.586. The molecule has 118 valence electrons. The van der Waals surface area contributed by atoms with Crippen LogP contribution >= 0.6 is 7.82 Å². The Morgan fingerprint density at radius 2 is 1.80 bits per heavy atom. The first-order valence-corrected chi connectivity index (χ1v) is 7.80. The summed E-state index contributed by atoms with van der Waals surface area (Å²) in [7, 11) is -0.408. The Kier molecular flexibility index (Phi) is 8.23. The third kappa shape index (κ3) is 9.23. The summed E-state index contributed by atoms with van der Waals surface area (Å²) in [6, 6.07) is 0. The van der Waals surface area contributed by atoms with E-state index in [2.05, 4.69) is 11.1 Å². The molecule has 0 saturated carbocycles. The molecule has 0 bridgehead atoms. The lowest BCUT2D eigenvalue weighted by atomic mass is 10.4. The van der Waals surface area contributed by atoms with Crippen molar-refractivity contribution in [3.05, 3.63) is 12.2 Å². The molecule has 0 radical (unpaired) electrons. The minimum absolute atomic E-state index is 0.0488. The van der Waals surface area contributed by atoms with Crippen molar-refractivity contribution in [1.82, 2.24) is 0 Å². The lowest BCUT2D eigenvalue weighted by Gasteiger charge is -2.29. The molecule has 0 heterocycles. The highest BCUT2D eigenvalue weighted by atomic mass is 31.2. The second-order valence-corrected chi connectivity index (χ2v) is 6.42. The highest BCUT2D eigenvalue weighted by Crippen LogP contribution is 2.37. The second-order valence-electron chi connectivity index (χ2n) is 5.01. The number of nitrogens with zero attached hydrogens (tertiary/aromatic N) is 1. The van der Waals surface area contributed by atoms with Gasteiger partial charge in [0.1, 0.15) is 19.8 Å². The molecule has 1 unspecified atom stereocenters. The van der Waals surface area contributed by atoms with Gasteiger partial charge in [-0.25, -0.2) is 4.79 Å². The number of phosphoric ester groups is 1. The third-order valence-corrected chi connectivity index (χ3v) is 3.71. The van der Waals surface area contributed by atoms with Crippen molar-refractivity contribution in [2.24, 2.45) is 0 Å². The zero-order chi connectivity index (χ0) is 15.8. The van der Waals surface area contributed by atoms with E-state index in [1.165, 1.54) is 6.92 Å². The smallest absolute Gasteiger partial charge is 0.333 e. The average molecular weight is 309 g/mol. The van der Waals surface area contributed by atoms with Gasteiger partial charge in [-0.3, -0.25) is 4.57 Å². The monoisotopic (exact) mass is 309 g/mol. The standard InChI is InChI=1S/C12H24NO6P/c1-6-13(4,5)7-8-18-20(15,16)19-10-9-17-12(14)11(2)3/h2,6-10H2,1,3-5H3. The van der Waals surface area contributed by atoms with E-state index in [9.17, 15) is 14.3 Å². The molecule has 1 atom stereocenters. The summed E-state index contributed by atoms with van der Waals surface area (Å²) in [5, 5.41) is 0. The van der Waals surface area contributed by atoms with E-state index in [0.717, 1.165) is 6.54 Å². The van der Waals surface area contributed by atoms with E-state index in [0.29, 0.717) is 11.0 Å². The number of hydrogen-bond donors (Lipinski definition) is 0. The number of phosphoric acid groups is 1. The summed E-state index contributed by atoms with van der Waals surface area (Å²) in [4.78, 5) is 22.4. The van der Waals surface area contributed by atoms with Crippen LogP contribution in [0.15, 0.2) is 12.2 Å². The first-order chi connectivity index (χ1) is 9.09. The summed E-state index contributed by atoms with van der Waals surface area (Å²) in [5.41, 5.74) is 0.242. The van der Waals surface area contributed by atoms with Crippen molar-refractivity contribution in [3.8, 4) is 0 Å². The number of rotatable bonds is 10. The van der Waals surface area contributed by atoms with Crippen LogP contribution in [0.4, 0.5) is 0 Å². The van der Waals surface area contributed by atoms with Crippen molar-refractivity contribution >= 4 is 13.8 Å². The first-order valence-electron chi connectivity index (χ1n) is 6.34. The molecule has 0 saturated heterocycles. The van der Waals surface area contributed by atoms with Gasteiger partial charge in [0, 0.05) is 5.57 Å². The molecule has 0 aliphatic heterocycles. The molecule has 0 aliphatic carbocycles. The number of carbonyl (C=O) groups is 1. The number of likely N-dealkylation sites (N-methyl/N-ethyl adjacent to an activating group) is 1. The van der Waals surface area contributed by atoms with Crippen molar-refractivity contribution in [1.29, 1.82) is 0 Å². The molecule has 0 N–H and O–H groups in total. The predicted octanol–water partition coefficient (Wildman–Crippen LogP) is 0.704. The van der Waals surface area contributed by atoms with Crippen molar-refractivity contribution in [3.63, 3.8) is 0 Å². The minimum Gasteiger partial charge on any atom is -0.756 e. The van der Waals surface area contributed by atoms with E-state index >= 15 is 0 Å². The fourth-order valence-electron chi connectivity index (χ4n) is 1.00. The highest BCUT2D eigenvalue weighted by molar-refractivity contribution is 7.45. The maximum Gasteiger partial charge on any atom is 0.333 e. The van der Waals surface area contributed by atoms with Gasteiger partial charge in [0.15, 0.2) is 0 Å². The molecule has 0 spiro atoms. The fraction of sp³-hybridized carbons (Fsp3) is 0.750. The van der Waals surface area contributed by atoms with Gasteiger partial charge in [0.25, 0.3) is 7.82 Å². The Bertz CT molecular complexity index is 382. The molecule has 0 aromatic rings. The molecule has 8 heteroatoms. The Morgan fingerprint density at radius 1 is 1.25 bits per heavy atom. The molecule has 0 aromatic heterocycles. The lowest BCUT2D eigenvalue weighted by Crippen LogP contribution is -2.41. The molecular weight excluding hydrogens is 285 g/mol. The van der Waals surface area contributed by atoms with Gasteiger partial charge in [0.05, 0.1) is 27.2 Å². The van der Waals surface area contributed by atoms with Crippen LogP contribution in [0.3, 0.4) is 0 Å². The molecule has 0 aromatic carbocycles. The summed E-state index contributed by atoms with van der Waals surface area (Å²) < 4.78 is 26.0. The van der Waals surface area contributed by atoms with Crippen LogP contribution in [-0.4, -0.2) is 57.5 Å². The van der Waals surface area contributed by atoms with Crippen LogP contribution in [0, 0.1) is 0 Å². The fourth-order valence-corrected chi connectivity index (χ4v) is 1.68. The summed E-state index contributed by atoms with van der Waals surface area (Å²) in [6.07, 6.45) is 0. The number of ether oxygens (including phenoxy) is 1. The number of hydrogen-bond acceptors (Lipinski definition) is 6.